The molecule has 1 aliphatic rings. The van der Waals surface area contributed by atoms with E-state index < -0.39 is 0 Å². The molecule has 0 spiro atoms. The second-order valence-corrected chi connectivity index (χ2v) is 6.79. The smallest absolute Gasteiger partial charge is 0.289 e. The molecule has 1 N–H and O–H groups in total. The lowest BCUT2D eigenvalue weighted by Gasteiger charge is -2.36. The van der Waals surface area contributed by atoms with Crippen LogP contribution in [0.3, 0.4) is 0 Å². The van der Waals surface area contributed by atoms with E-state index in [1.807, 2.05) is 31.2 Å². The molecule has 1 saturated heterocycles. The van der Waals surface area contributed by atoms with E-state index in [0.29, 0.717) is 38.5 Å². The largest absolute Gasteiger partial charge is 0.497 e. The Balaban J connectivity index is 0.00000320. The van der Waals surface area contributed by atoms with Gasteiger partial charge in [-0.25, -0.2) is 0 Å². The molecular weight excluding hydrogens is 499 g/mol. The number of guanidine groups is 1. The highest BCUT2D eigenvalue weighted by Gasteiger charge is 2.25. The van der Waals surface area contributed by atoms with Gasteiger partial charge in [0.25, 0.3) is 5.91 Å². The zero-order chi connectivity index (χ0) is 20.6. The summed E-state index contributed by atoms with van der Waals surface area (Å²) in [7, 11) is 3.40. The van der Waals surface area contributed by atoms with Gasteiger partial charge in [-0.15, -0.1) is 24.0 Å². The quantitative estimate of drug-likeness (QED) is 0.353. The van der Waals surface area contributed by atoms with E-state index >= 15 is 0 Å². The predicted octanol–water partition coefficient (Wildman–Crippen LogP) is 2.71. The van der Waals surface area contributed by atoms with Crippen LogP contribution in [0.5, 0.6) is 11.5 Å². The number of rotatable bonds is 6. The number of carbonyl (C=O) groups excluding carboxylic acids is 1. The van der Waals surface area contributed by atoms with Gasteiger partial charge in [0.1, 0.15) is 17.6 Å². The average molecular weight is 528 g/mol. The number of nitrogens with one attached hydrogen (secondary N) is 1. The highest BCUT2D eigenvalue weighted by molar-refractivity contribution is 14.0. The van der Waals surface area contributed by atoms with Gasteiger partial charge >= 0.3 is 0 Å². The Morgan fingerprint density at radius 1 is 1.17 bits per heavy atom. The van der Waals surface area contributed by atoms with Crippen LogP contribution < -0.4 is 14.8 Å². The van der Waals surface area contributed by atoms with Crippen molar-refractivity contribution >= 4 is 35.8 Å². The minimum atomic E-state index is -0.0714. The first kappa shape index (κ1) is 23.8. The number of hydrogen-bond acceptors (Lipinski definition) is 5. The Kier molecular flexibility index (Phi) is 9.28. The zero-order valence-electron chi connectivity index (χ0n) is 17.5. The molecule has 1 aromatic heterocycles. The van der Waals surface area contributed by atoms with Crippen LogP contribution in [0, 0.1) is 0 Å². The number of halogens is 1. The summed E-state index contributed by atoms with van der Waals surface area (Å²) in [5.74, 6) is 2.64. The van der Waals surface area contributed by atoms with Gasteiger partial charge < -0.3 is 29.0 Å². The van der Waals surface area contributed by atoms with Gasteiger partial charge in [0.2, 0.25) is 0 Å². The van der Waals surface area contributed by atoms with Crippen LogP contribution in [-0.4, -0.2) is 74.7 Å². The number of amides is 1. The van der Waals surface area contributed by atoms with Crippen molar-refractivity contribution in [2.45, 2.75) is 13.0 Å². The SMILES string of the molecule is CN=C(NCC(C)Oc1cccc(OC)c1)N1CCN(C(=O)c2ccco2)CC1.I. The van der Waals surface area contributed by atoms with Crippen LogP contribution in [0.15, 0.2) is 52.1 Å². The van der Waals surface area contributed by atoms with Crippen LogP contribution in [0.2, 0.25) is 0 Å². The van der Waals surface area contributed by atoms with E-state index in [1.165, 1.54) is 6.26 Å². The van der Waals surface area contributed by atoms with Crippen molar-refractivity contribution in [2.24, 2.45) is 4.99 Å². The lowest BCUT2D eigenvalue weighted by Crippen LogP contribution is -2.54. The summed E-state index contributed by atoms with van der Waals surface area (Å²) in [6.45, 7) is 5.26. The second-order valence-electron chi connectivity index (χ2n) is 6.79. The number of furan rings is 1. The molecule has 1 aromatic carbocycles. The monoisotopic (exact) mass is 528 g/mol. The third kappa shape index (κ3) is 6.28. The minimum absolute atomic E-state index is 0. The normalized spacial score (nSPS) is 15.2. The van der Waals surface area contributed by atoms with Crippen molar-refractivity contribution in [1.82, 2.24) is 15.1 Å². The molecule has 2 heterocycles. The Hall–Kier alpha value is -2.43. The molecular formula is C21H29IN4O4. The van der Waals surface area contributed by atoms with Crippen molar-refractivity contribution in [3.63, 3.8) is 0 Å². The fraction of sp³-hybridized carbons (Fsp3) is 0.429. The Morgan fingerprint density at radius 3 is 2.50 bits per heavy atom. The third-order valence-corrected chi connectivity index (χ3v) is 4.74. The number of benzene rings is 1. The average Bonchev–Trinajstić information content (AvgIpc) is 3.29. The molecule has 9 heteroatoms. The van der Waals surface area contributed by atoms with Gasteiger partial charge in [0.15, 0.2) is 11.7 Å². The fourth-order valence-corrected chi connectivity index (χ4v) is 3.19. The van der Waals surface area contributed by atoms with Crippen LogP contribution >= 0.6 is 24.0 Å². The molecule has 1 fully saturated rings. The maximum Gasteiger partial charge on any atom is 0.289 e. The number of hydrogen-bond donors (Lipinski definition) is 1. The van der Waals surface area contributed by atoms with Crippen LogP contribution in [0.25, 0.3) is 0 Å². The highest BCUT2D eigenvalue weighted by Crippen LogP contribution is 2.19. The molecule has 30 heavy (non-hydrogen) atoms. The number of piperazine rings is 1. The van der Waals surface area contributed by atoms with Gasteiger partial charge in [0, 0.05) is 39.3 Å². The molecule has 0 bridgehead atoms. The van der Waals surface area contributed by atoms with Crippen LogP contribution in [0.1, 0.15) is 17.5 Å². The van der Waals surface area contributed by atoms with Gasteiger partial charge in [-0.2, -0.15) is 0 Å². The lowest BCUT2D eigenvalue weighted by atomic mass is 10.3. The van der Waals surface area contributed by atoms with Gasteiger partial charge in [-0.1, -0.05) is 6.07 Å². The highest BCUT2D eigenvalue weighted by atomic mass is 127. The van der Waals surface area contributed by atoms with Crippen molar-refractivity contribution in [2.75, 3.05) is 46.9 Å². The molecule has 164 valence electrons. The second kappa shape index (κ2) is 11.7. The summed E-state index contributed by atoms with van der Waals surface area (Å²) in [6, 6.07) is 11.0. The Bertz CT molecular complexity index is 820. The van der Waals surface area contributed by atoms with Crippen molar-refractivity contribution in [1.29, 1.82) is 0 Å². The van der Waals surface area contributed by atoms with Crippen LogP contribution in [0.4, 0.5) is 0 Å². The van der Waals surface area contributed by atoms with E-state index in [2.05, 4.69) is 15.2 Å². The van der Waals surface area contributed by atoms with E-state index in [0.717, 1.165) is 17.5 Å². The molecule has 0 saturated carbocycles. The van der Waals surface area contributed by atoms with E-state index in [4.69, 9.17) is 13.9 Å². The maximum absolute atomic E-state index is 12.4. The summed E-state index contributed by atoms with van der Waals surface area (Å²) in [5, 5.41) is 3.36. The molecule has 8 nitrogen and oxygen atoms in total. The zero-order valence-corrected chi connectivity index (χ0v) is 19.9. The number of ether oxygens (including phenoxy) is 2. The summed E-state index contributed by atoms with van der Waals surface area (Å²) in [5.41, 5.74) is 0. The maximum atomic E-state index is 12.4. The van der Waals surface area contributed by atoms with Crippen molar-refractivity contribution in [3.05, 3.63) is 48.4 Å². The summed E-state index contributed by atoms with van der Waals surface area (Å²) < 4.78 is 16.4. The molecule has 2 aromatic rings. The molecule has 0 aliphatic carbocycles. The number of methoxy groups -OCH3 is 1. The number of aliphatic imine (C=N–C) groups is 1. The number of carbonyl (C=O) groups is 1. The first-order valence-electron chi connectivity index (χ1n) is 9.69. The summed E-state index contributed by atoms with van der Waals surface area (Å²) in [6.07, 6.45) is 1.46. The van der Waals surface area contributed by atoms with E-state index in [-0.39, 0.29) is 36.0 Å². The molecule has 1 amide bonds. The van der Waals surface area contributed by atoms with E-state index in [9.17, 15) is 4.79 Å². The number of nitrogens with zero attached hydrogens (tertiary/aromatic N) is 3. The lowest BCUT2D eigenvalue weighted by molar-refractivity contribution is 0.0657. The van der Waals surface area contributed by atoms with Crippen molar-refractivity contribution in [3.8, 4) is 11.5 Å². The standard InChI is InChI=1S/C21H28N4O4.HI/c1-16(29-18-7-4-6-17(14-18)27-3)15-23-21(22-2)25-11-9-24(10-12-25)20(26)19-8-5-13-28-19;/h4-8,13-14,16H,9-12,15H2,1-3H3,(H,22,23);1H. The van der Waals surface area contributed by atoms with Crippen molar-refractivity contribution < 1.29 is 18.7 Å². The fourth-order valence-electron chi connectivity index (χ4n) is 3.19. The first-order chi connectivity index (χ1) is 14.1. The van der Waals surface area contributed by atoms with Crippen LogP contribution in [-0.2, 0) is 0 Å². The molecule has 0 radical (unpaired) electrons. The summed E-state index contributed by atoms with van der Waals surface area (Å²) in [4.78, 5) is 20.7. The Morgan fingerprint density at radius 2 is 1.87 bits per heavy atom. The molecule has 1 atom stereocenters. The minimum Gasteiger partial charge on any atom is -0.497 e. The summed E-state index contributed by atoms with van der Waals surface area (Å²) >= 11 is 0. The molecule has 1 unspecified atom stereocenters. The van der Waals surface area contributed by atoms with Gasteiger partial charge in [-0.05, 0) is 31.2 Å². The predicted molar refractivity (Wildman–Crippen MR) is 126 cm³/mol. The molecule has 1 aliphatic heterocycles. The first-order valence-corrected chi connectivity index (χ1v) is 9.69. The third-order valence-electron chi connectivity index (χ3n) is 4.74. The van der Waals surface area contributed by atoms with Gasteiger partial charge in [-0.3, -0.25) is 9.79 Å². The topological polar surface area (TPSA) is 79.5 Å². The molecule has 3 rings (SSSR count). The van der Waals surface area contributed by atoms with E-state index in [1.54, 1.807) is 31.2 Å². The Labute approximate surface area is 194 Å². The van der Waals surface area contributed by atoms with Gasteiger partial charge in [0.05, 0.1) is 19.9 Å².